The van der Waals surface area contributed by atoms with Gasteiger partial charge in [0.15, 0.2) is 0 Å². The first-order valence-corrected chi connectivity index (χ1v) is 9.19. The number of para-hydroxylation sites is 1. The number of amides is 1. The molecule has 4 rings (SSSR count). The molecule has 6 heteroatoms. The van der Waals surface area contributed by atoms with Crippen molar-refractivity contribution in [1.82, 2.24) is 19.8 Å². The van der Waals surface area contributed by atoms with E-state index in [-0.39, 0.29) is 12.5 Å². The molecule has 2 aromatic heterocycles. The second-order valence-electron chi connectivity index (χ2n) is 6.67. The quantitative estimate of drug-likeness (QED) is 0.769. The summed E-state index contributed by atoms with van der Waals surface area (Å²) in [7, 11) is 0. The highest BCUT2D eigenvalue weighted by Gasteiger charge is 2.24. The number of aliphatic hydroxyl groups is 1. The molecule has 0 atom stereocenters. The second-order valence-corrected chi connectivity index (χ2v) is 6.67. The summed E-state index contributed by atoms with van der Waals surface area (Å²) < 4.78 is 0. The summed E-state index contributed by atoms with van der Waals surface area (Å²) >= 11 is 0. The lowest BCUT2D eigenvalue weighted by atomic mass is 10.0. The third-order valence-corrected chi connectivity index (χ3v) is 4.98. The number of carbonyl (C=O) groups is 1. The monoisotopic (exact) mass is 362 g/mol. The molecule has 0 unspecified atom stereocenters. The Hall–Kier alpha value is -2.83. The van der Waals surface area contributed by atoms with Crippen LogP contribution in [0.25, 0.3) is 22.2 Å². The molecule has 1 aliphatic heterocycles. The minimum absolute atomic E-state index is 0.0300. The zero-order valence-electron chi connectivity index (χ0n) is 15.1. The fraction of sp³-hybridized carbons (Fsp3) is 0.286. The molecular weight excluding hydrogens is 340 g/mol. The van der Waals surface area contributed by atoms with Crippen molar-refractivity contribution in [1.29, 1.82) is 0 Å². The van der Waals surface area contributed by atoms with Gasteiger partial charge < -0.3 is 10.0 Å². The van der Waals surface area contributed by atoms with E-state index < -0.39 is 0 Å². The molecule has 0 bridgehead atoms. The van der Waals surface area contributed by atoms with E-state index >= 15 is 0 Å². The number of rotatable bonds is 4. The van der Waals surface area contributed by atoms with Crippen LogP contribution in [0.4, 0.5) is 0 Å². The SMILES string of the molecule is O=C(c1cc(-c2cccnc2)nc2ccccc12)N1CCN(CCO)CC1. The largest absolute Gasteiger partial charge is 0.395 e. The van der Waals surface area contributed by atoms with Crippen LogP contribution in [-0.4, -0.2) is 70.1 Å². The summed E-state index contributed by atoms with van der Waals surface area (Å²) in [5.74, 6) is 0.0300. The van der Waals surface area contributed by atoms with E-state index in [4.69, 9.17) is 10.1 Å². The molecule has 0 saturated carbocycles. The maximum Gasteiger partial charge on any atom is 0.254 e. The highest BCUT2D eigenvalue weighted by Crippen LogP contribution is 2.25. The smallest absolute Gasteiger partial charge is 0.254 e. The lowest BCUT2D eigenvalue weighted by molar-refractivity contribution is 0.0617. The standard InChI is InChI=1S/C21H22N4O2/c26-13-12-24-8-10-25(11-9-24)21(27)18-14-20(16-4-3-7-22-15-16)23-19-6-2-1-5-17(18)19/h1-7,14-15,26H,8-13H2. The molecule has 0 spiro atoms. The predicted octanol–water partition coefficient (Wildman–Crippen LogP) is 2.05. The first-order valence-electron chi connectivity index (χ1n) is 9.19. The number of benzene rings is 1. The molecule has 0 aliphatic carbocycles. The summed E-state index contributed by atoms with van der Waals surface area (Å²) in [4.78, 5) is 26.2. The van der Waals surface area contributed by atoms with Gasteiger partial charge in [-0.05, 0) is 24.3 Å². The van der Waals surface area contributed by atoms with E-state index in [2.05, 4.69) is 9.88 Å². The van der Waals surface area contributed by atoms with Crippen LogP contribution in [0, 0.1) is 0 Å². The Bertz CT molecular complexity index is 937. The van der Waals surface area contributed by atoms with Crippen molar-refractivity contribution in [3.05, 3.63) is 60.4 Å². The summed E-state index contributed by atoms with van der Waals surface area (Å²) in [5.41, 5.74) is 3.13. The Morgan fingerprint density at radius 2 is 1.89 bits per heavy atom. The van der Waals surface area contributed by atoms with Crippen LogP contribution in [0.2, 0.25) is 0 Å². The van der Waals surface area contributed by atoms with Crippen LogP contribution in [0.3, 0.4) is 0 Å². The average molecular weight is 362 g/mol. The van der Waals surface area contributed by atoms with Gasteiger partial charge in [-0.15, -0.1) is 0 Å². The van der Waals surface area contributed by atoms with Gasteiger partial charge in [-0.3, -0.25) is 14.7 Å². The van der Waals surface area contributed by atoms with Gasteiger partial charge in [0.25, 0.3) is 5.91 Å². The third kappa shape index (κ3) is 3.67. The second kappa shape index (κ2) is 7.82. The molecule has 0 radical (unpaired) electrons. The van der Waals surface area contributed by atoms with E-state index in [1.165, 1.54) is 0 Å². The number of aromatic nitrogens is 2. The lowest BCUT2D eigenvalue weighted by Gasteiger charge is -2.34. The number of fused-ring (bicyclic) bond motifs is 1. The topological polar surface area (TPSA) is 69.6 Å². The highest BCUT2D eigenvalue weighted by molar-refractivity contribution is 6.07. The maximum atomic E-state index is 13.3. The first-order chi connectivity index (χ1) is 13.3. The molecule has 138 valence electrons. The molecular formula is C21H22N4O2. The zero-order valence-corrected chi connectivity index (χ0v) is 15.1. The minimum Gasteiger partial charge on any atom is -0.395 e. The summed E-state index contributed by atoms with van der Waals surface area (Å²) in [5, 5.41) is 9.96. The number of nitrogens with zero attached hydrogens (tertiary/aromatic N) is 4. The lowest BCUT2D eigenvalue weighted by Crippen LogP contribution is -2.49. The molecule has 1 aromatic carbocycles. The summed E-state index contributed by atoms with van der Waals surface area (Å²) in [6.07, 6.45) is 3.49. The van der Waals surface area contributed by atoms with Crippen LogP contribution >= 0.6 is 0 Å². The van der Waals surface area contributed by atoms with E-state index in [0.717, 1.165) is 35.2 Å². The molecule has 1 fully saturated rings. The van der Waals surface area contributed by atoms with Crippen molar-refractivity contribution in [3.8, 4) is 11.3 Å². The van der Waals surface area contributed by atoms with E-state index in [9.17, 15) is 4.79 Å². The van der Waals surface area contributed by atoms with Crippen molar-refractivity contribution in [2.75, 3.05) is 39.3 Å². The molecule has 1 aliphatic rings. The molecule has 1 amide bonds. The predicted molar refractivity (Wildman–Crippen MR) is 104 cm³/mol. The molecule has 1 N–H and O–H groups in total. The van der Waals surface area contributed by atoms with E-state index in [1.807, 2.05) is 47.4 Å². The van der Waals surface area contributed by atoms with Gasteiger partial charge >= 0.3 is 0 Å². The van der Waals surface area contributed by atoms with Crippen molar-refractivity contribution >= 4 is 16.8 Å². The number of hydrogen-bond donors (Lipinski definition) is 1. The van der Waals surface area contributed by atoms with Crippen molar-refractivity contribution in [2.45, 2.75) is 0 Å². The Balaban J connectivity index is 1.69. The Morgan fingerprint density at radius 3 is 2.63 bits per heavy atom. The molecule has 6 nitrogen and oxygen atoms in total. The van der Waals surface area contributed by atoms with Gasteiger partial charge in [0.05, 0.1) is 23.4 Å². The maximum absolute atomic E-state index is 13.3. The molecule has 27 heavy (non-hydrogen) atoms. The number of piperazine rings is 1. The van der Waals surface area contributed by atoms with Gasteiger partial charge in [0.2, 0.25) is 0 Å². The number of β-amino-alcohol motifs (C(OH)–C–C–N with tert-alkyl or cyclic N) is 1. The van der Waals surface area contributed by atoms with Crippen molar-refractivity contribution in [3.63, 3.8) is 0 Å². The fourth-order valence-corrected chi connectivity index (χ4v) is 3.50. The number of aliphatic hydroxyl groups excluding tert-OH is 1. The Labute approximate surface area is 158 Å². The normalized spacial score (nSPS) is 15.2. The molecule has 3 heterocycles. The van der Waals surface area contributed by atoms with E-state index in [0.29, 0.717) is 25.2 Å². The minimum atomic E-state index is 0.0300. The van der Waals surface area contributed by atoms with Crippen LogP contribution in [0.5, 0.6) is 0 Å². The van der Waals surface area contributed by atoms with Crippen LogP contribution in [0.15, 0.2) is 54.9 Å². The van der Waals surface area contributed by atoms with Crippen molar-refractivity contribution in [2.24, 2.45) is 0 Å². The van der Waals surface area contributed by atoms with Gasteiger partial charge in [0, 0.05) is 56.1 Å². The number of carbonyl (C=O) groups excluding carboxylic acids is 1. The van der Waals surface area contributed by atoms with Crippen LogP contribution < -0.4 is 0 Å². The van der Waals surface area contributed by atoms with E-state index in [1.54, 1.807) is 12.4 Å². The average Bonchev–Trinajstić information content (AvgIpc) is 2.74. The summed E-state index contributed by atoms with van der Waals surface area (Å²) in [6.45, 7) is 3.70. The molecule has 3 aromatic rings. The Kier molecular flexibility index (Phi) is 5.09. The number of pyridine rings is 2. The zero-order chi connectivity index (χ0) is 18.6. The van der Waals surface area contributed by atoms with Gasteiger partial charge in [-0.25, -0.2) is 4.98 Å². The Morgan fingerprint density at radius 1 is 1.07 bits per heavy atom. The van der Waals surface area contributed by atoms with Gasteiger partial charge in [-0.2, -0.15) is 0 Å². The molecule has 1 saturated heterocycles. The van der Waals surface area contributed by atoms with Gasteiger partial charge in [-0.1, -0.05) is 18.2 Å². The highest BCUT2D eigenvalue weighted by atomic mass is 16.3. The first kappa shape index (κ1) is 17.6. The van der Waals surface area contributed by atoms with Crippen LogP contribution in [-0.2, 0) is 0 Å². The summed E-state index contributed by atoms with van der Waals surface area (Å²) in [6, 6.07) is 13.5. The number of hydrogen-bond acceptors (Lipinski definition) is 5. The van der Waals surface area contributed by atoms with Crippen LogP contribution in [0.1, 0.15) is 10.4 Å². The third-order valence-electron chi connectivity index (χ3n) is 4.98. The fourth-order valence-electron chi connectivity index (χ4n) is 3.50. The van der Waals surface area contributed by atoms with Crippen molar-refractivity contribution < 1.29 is 9.90 Å². The van der Waals surface area contributed by atoms with Gasteiger partial charge in [0.1, 0.15) is 0 Å².